The molecule has 1 aromatic carbocycles. The second kappa shape index (κ2) is 2.48. The SMILES string of the molecule is NC(=O)c1nc2cc(O)ccc2o1. The maximum atomic E-state index is 10.7. The lowest BCUT2D eigenvalue weighted by Crippen LogP contribution is -2.10. The molecule has 2 rings (SSSR count). The van der Waals surface area contributed by atoms with E-state index in [2.05, 4.69) is 4.98 Å². The molecule has 5 nitrogen and oxygen atoms in total. The molecule has 0 fully saturated rings. The summed E-state index contributed by atoms with van der Waals surface area (Å²) in [6, 6.07) is 4.35. The summed E-state index contributed by atoms with van der Waals surface area (Å²) in [5.74, 6) is -0.812. The van der Waals surface area contributed by atoms with E-state index in [4.69, 9.17) is 15.3 Å². The number of nitrogens with zero attached hydrogens (tertiary/aromatic N) is 1. The van der Waals surface area contributed by atoms with Crippen LogP contribution in [0.2, 0.25) is 0 Å². The van der Waals surface area contributed by atoms with Crippen molar-refractivity contribution in [3.8, 4) is 5.75 Å². The van der Waals surface area contributed by atoms with Crippen LogP contribution in [0.15, 0.2) is 22.6 Å². The highest BCUT2D eigenvalue weighted by molar-refractivity contribution is 5.91. The summed E-state index contributed by atoms with van der Waals surface area (Å²) in [4.78, 5) is 14.4. The number of hydrogen-bond donors (Lipinski definition) is 2. The first-order valence-corrected chi connectivity index (χ1v) is 3.56. The number of carbonyl (C=O) groups excluding carboxylic acids is 1. The molecule has 0 atom stereocenters. The molecule has 0 aliphatic rings. The molecule has 1 heterocycles. The molecule has 0 bridgehead atoms. The van der Waals surface area contributed by atoms with Crippen LogP contribution in [0.1, 0.15) is 10.7 Å². The number of oxazole rings is 1. The van der Waals surface area contributed by atoms with E-state index < -0.39 is 5.91 Å². The van der Waals surface area contributed by atoms with Crippen molar-refractivity contribution < 1.29 is 14.3 Å². The van der Waals surface area contributed by atoms with Gasteiger partial charge in [0.25, 0.3) is 5.89 Å². The molecule has 0 spiro atoms. The minimum atomic E-state index is -0.726. The van der Waals surface area contributed by atoms with Crippen molar-refractivity contribution in [1.82, 2.24) is 4.98 Å². The molecule has 2 aromatic rings. The largest absolute Gasteiger partial charge is 0.508 e. The predicted octanol–water partition coefficient (Wildman–Crippen LogP) is 0.632. The average molecular weight is 178 g/mol. The van der Waals surface area contributed by atoms with Gasteiger partial charge in [0.2, 0.25) is 0 Å². The quantitative estimate of drug-likeness (QED) is 0.670. The lowest BCUT2D eigenvalue weighted by molar-refractivity contribution is 0.0969. The van der Waals surface area contributed by atoms with Crippen LogP contribution in [0.25, 0.3) is 11.1 Å². The molecule has 1 aromatic heterocycles. The van der Waals surface area contributed by atoms with Gasteiger partial charge >= 0.3 is 5.91 Å². The maximum absolute atomic E-state index is 10.7. The van der Waals surface area contributed by atoms with Crippen LogP contribution in [-0.4, -0.2) is 16.0 Å². The monoisotopic (exact) mass is 178 g/mol. The van der Waals surface area contributed by atoms with Gasteiger partial charge in [0, 0.05) is 6.07 Å². The van der Waals surface area contributed by atoms with Gasteiger partial charge in [-0.25, -0.2) is 4.98 Å². The van der Waals surface area contributed by atoms with Gasteiger partial charge in [0.1, 0.15) is 11.3 Å². The first-order valence-electron chi connectivity index (χ1n) is 3.56. The summed E-state index contributed by atoms with van der Waals surface area (Å²) in [6.07, 6.45) is 0. The number of fused-ring (bicyclic) bond motifs is 1. The molecular formula is C8H6N2O3. The fourth-order valence-corrected chi connectivity index (χ4v) is 1.02. The van der Waals surface area contributed by atoms with Gasteiger partial charge in [-0.05, 0) is 12.1 Å². The topological polar surface area (TPSA) is 89.4 Å². The number of aromatic hydroxyl groups is 1. The number of rotatable bonds is 1. The lowest BCUT2D eigenvalue weighted by atomic mass is 10.3. The summed E-state index contributed by atoms with van der Waals surface area (Å²) < 4.78 is 4.99. The number of phenols is 1. The number of carbonyl (C=O) groups is 1. The third-order valence-electron chi connectivity index (χ3n) is 1.58. The second-order valence-electron chi connectivity index (χ2n) is 2.54. The van der Waals surface area contributed by atoms with E-state index in [0.29, 0.717) is 11.1 Å². The minimum Gasteiger partial charge on any atom is -0.508 e. The van der Waals surface area contributed by atoms with Crippen LogP contribution < -0.4 is 5.73 Å². The van der Waals surface area contributed by atoms with Crippen LogP contribution in [0.4, 0.5) is 0 Å². The van der Waals surface area contributed by atoms with E-state index in [9.17, 15) is 4.79 Å². The molecule has 13 heavy (non-hydrogen) atoms. The summed E-state index contributed by atoms with van der Waals surface area (Å²) in [5.41, 5.74) is 5.79. The van der Waals surface area contributed by atoms with Crippen LogP contribution in [0.5, 0.6) is 5.75 Å². The van der Waals surface area contributed by atoms with Crippen molar-refractivity contribution in [2.75, 3.05) is 0 Å². The van der Waals surface area contributed by atoms with E-state index in [1.54, 1.807) is 0 Å². The van der Waals surface area contributed by atoms with E-state index in [1.165, 1.54) is 18.2 Å². The smallest absolute Gasteiger partial charge is 0.304 e. The van der Waals surface area contributed by atoms with Crippen molar-refractivity contribution in [2.24, 2.45) is 5.73 Å². The number of phenolic OH excluding ortho intramolecular Hbond substituents is 1. The summed E-state index contributed by atoms with van der Waals surface area (Å²) in [6.45, 7) is 0. The Labute approximate surface area is 72.8 Å². The number of primary amides is 1. The highest BCUT2D eigenvalue weighted by Crippen LogP contribution is 2.19. The van der Waals surface area contributed by atoms with Crippen LogP contribution >= 0.6 is 0 Å². The molecule has 0 saturated carbocycles. The van der Waals surface area contributed by atoms with Crippen molar-refractivity contribution in [3.63, 3.8) is 0 Å². The molecule has 0 radical (unpaired) electrons. The van der Waals surface area contributed by atoms with Gasteiger partial charge in [0.15, 0.2) is 5.58 Å². The number of hydrogen-bond acceptors (Lipinski definition) is 4. The van der Waals surface area contributed by atoms with E-state index in [1.807, 2.05) is 0 Å². The normalized spacial score (nSPS) is 10.5. The Bertz CT molecular complexity index is 475. The zero-order chi connectivity index (χ0) is 9.42. The Morgan fingerprint density at radius 3 is 3.00 bits per heavy atom. The standard InChI is InChI=1S/C8H6N2O3/c9-7(12)8-10-5-3-4(11)1-2-6(5)13-8/h1-3,11H,(H2,9,12). The fourth-order valence-electron chi connectivity index (χ4n) is 1.02. The molecule has 0 saturated heterocycles. The average Bonchev–Trinajstić information content (AvgIpc) is 2.46. The molecule has 0 aliphatic carbocycles. The zero-order valence-corrected chi connectivity index (χ0v) is 6.52. The van der Waals surface area contributed by atoms with E-state index in [0.717, 1.165) is 0 Å². The molecular weight excluding hydrogens is 172 g/mol. The van der Waals surface area contributed by atoms with Gasteiger partial charge < -0.3 is 15.3 Å². The van der Waals surface area contributed by atoms with Gasteiger partial charge in [-0.1, -0.05) is 0 Å². The van der Waals surface area contributed by atoms with Gasteiger partial charge in [-0.2, -0.15) is 0 Å². The molecule has 5 heteroatoms. The number of aromatic nitrogens is 1. The van der Waals surface area contributed by atoms with Crippen molar-refractivity contribution in [2.45, 2.75) is 0 Å². The van der Waals surface area contributed by atoms with Gasteiger partial charge in [-0.15, -0.1) is 0 Å². The predicted molar refractivity (Wildman–Crippen MR) is 44.2 cm³/mol. The molecule has 3 N–H and O–H groups in total. The highest BCUT2D eigenvalue weighted by Gasteiger charge is 2.10. The summed E-state index contributed by atoms with van der Waals surface area (Å²) in [5, 5.41) is 9.08. The van der Waals surface area contributed by atoms with Gasteiger partial charge in [-0.3, -0.25) is 4.79 Å². The molecule has 0 unspecified atom stereocenters. The Kier molecular flexibility index (Phi) is 1.45. The minimum absolute atomic E-state index is 0.0665. The number of nitrogens with two attached hydrogens (primary N) is 1. The van der Waals surface area contributed by atoms with Crippen LogP contribution in [0, 0.1) is 0 Å². The third kappa shape index (κ3) is 1.20. The Balaban J connectivity index is 2.68. The number of benzene rings is 1. The summed E-state index contributed by atoms with van der Waals surface area (Å²) in [7, 11) is 0. The zero-order valence-electron chi connectivity index (χ0n) is 6.52. The first-order chi connectivity index (χ1) is 6.16. The first kappa shape index (κ1) is 7.60. The third-order valence-corrected chi connectivity index (χ3v) is 1.58. The van der Waals surface area contributed by atoms with Crippen molar-refractivity contribution >= 4 is 17.0 Å². The molecule has 1 amide bonds. The number of amides is 1. The van der Waals surface area contributed by atoms with Gasteiger partial charge in [0.05, 0.1) is 0 Å². The fraction of sp³-hybridized carbons (Fsp3) is 0. The lowest BCUT2D eigenvalue weighted by Gasteiger charge is -1.86. The van der Waals surface area contributed by atoms with Crippen molar-refractivity contribution in [1.29, 1.82) is 0 Å². The molecule has 66 valence electrons. The Morgan fingerprint density at radius 2 is 2.31 bits per heavy atom. The molecule has 0 aliphatic heterocycles. The van der Waals surface area contributed by atoms with E-state index >= 15 is 0 Å². The summed E-state index contributed by atoms with van der Waals surface area (Å²) >= 11 is 0. The Hall–Kier alpha value is -2.04. The van der Waals surface area contributed by atoms with Crippen molar-refractivity contribution in [3.05, 3.63) is 24.1 Å². The highest BCUT2D eigenvalue weighted by atomic mass is 16.4. The van der Waals surface area contributed by atoms with E-state index in [-0.39, 0.29) is 11.6 Å². The maximum Gasteiger partial charge on any atom is 0.304 e. The van der Waals surface area contributed by atoms with Crippen LogP contribution in [0.3, 0.4) is 0 Å². The second-order valence-corrected chi connectivity index (χ2v) is 2.54. The van der Waals surface area contributed by atoms with Crippen LogP contribution in [-0.2, 0) is 0 Å². The Morgan fingerprint density at radius 1 is 1.54 bits per heavy atom.